The lowest BCUT2D eigenvalue weighted by Crippen LogP contribution is -2.38. The molecule has 1 atom stereocenters. The van der Waals surface area contributed by atoms with Crippen LogP contribution in [-0.4, -0.2) is 29.5 Å². The van der Waals surface area contributed by atoms with Gasteiger partial charge in [0, 0.05) is 18.4 Å². The molecule has 14 heavy (non-hydrogen) atoms. The fourth-order valence-electron chi connectivity index (χ4n) is 2.00. The number of hydrogen-bond donors (Lipinski definition) is 0. The lowest BCUT2D eigenvalue weighted by atomic mass is 9.97. The molecule has 0 aliphatic carbocycles. The number of likely N-dealkylation sites (tertiary alicyclic amines) is 1. The SMILES string of the molecule is CN1CCC[CH]C1Cc1cccnc1. The maximum atomic E-state index is 4.14. The van der Waals surface area contributed by atoms with E-state index in [-0.39, 0.29) is 0 Å². The summed E-state index contributed by atoms with van der Waals surface area (Å²) in [6.45, 7) is 1.22. The molecule has 0 spiro atoms. The Labute approximate surface area is 86.0 Å². The molecule has 1 unspecified atom stereocenters. The molecule has 0 bridgehead atoms. The van der Waals surface area contributed by atoms with Crippen LogP contribution in [0.25, 0.3) is 0 Å². The van der Waals surface area contributed by atoms with Crippen LogP contribution in [0.3, 0.4) is 0 Å². The molecule has 1 aliphatic heterocycles. The Kier molecular flexibility index (Phi) is 3.14. The third-order valence-corrected chi connectivity index (χ3v) is 2.89. The summed E-state index contributed by atoms with van der Waals surface area (Å²) in [7, 11) is 2.21. The largest absolute Gasteiger partial charge is 0.303 e. The van der Waals surface area contributed by atoms with E-state index < -0.39 is 0 Å². The van der Waals surface area contributed by atoms with Crippen LogP contribution >= 0.6 is 0 Å². The third kappa shape index (κ3) is 2.32. The molecule has 0 N–H and O–H groups in total. The van der Waals surface area contributed by atoms with Crippen LogP contribution in [-0.2, 0) is 6.42 Å². The zero-order chi connectivity index (χ0) is 9.80. The van der Waals surface area contributed by atoms with Gasteiger partial charge in [-0.25, -0.2) is 0 Å². The van der Waals surface area contributed by atoms with E-state index >= 15 is 0 Å². The maximum absolute atomic E-state index is 4.14. The Balaban J connectivity index is 1.96. The summed E-state index contributed by atoms with van der Waals surface area (Å²) < 4.78 is 0. The minimum Gasteiger partial charge on any atom is -0.303 e. The summed E-state index contributed by atoms with van der Waals surface area (Å²) >= 11 is 0. The van der Waals surface area contributed by atoms with Crippen molar-refractivity contribution in [1.29, 1.82) is 0 Å². The van der Waals surface area contributed by atoms with Gasteiger partial charge in [-0.15, -0.1) is 0 Å². The zero-order valence-electron chi connectivity index (χ0n) is 8.69. The predicted molar refractivity (Wildman–Crippen MR) is 57.9 cm³/mol. The second kappa shape index (κ2) is 4.56. The van der Waals surface area contributed by atoms with Crippen LogP contribution in [0.5, 0.6) is 0 Å². The molecule has 1 aromatic heterocycles. The normalized spacial score (nSPS) is 23.6. The van der Waals surface area contributed by atoms with Gasteiger partial charge in [0.2, 0.25) is 0 Å². The molecule has 1 aliphatic rings. The van der Waals surface area contributed by atoms with E-state index in [0.717, 1.165) is 6.42 Å². The van der Waals surface area contributed by atoms with E-state index in [4.69, 9.17) is 0 Å². The molecule has 2 heteroatoms. The van der Waals surface area contributed by atoms with Crippen molar-refractivity contribution in [1.82, 2.24) is 9.88 Å². The Bertz CT molecular complexity index is 271. The standard InChI is InChI=1S/C12H17N2/c1-14-8-3-2-6-12(14)9-11-5-4-7-13-10-11/h4-7,10,12H,2-3,8-9H2,1H3. The first-order valence-electron chi connectivity index (χ1n) is 5.29. The second-order valence-electron chi connectivity index (χ2n) is 3.99. The predicted octanol–water partition coefficient (Wildman–Crippen LogP) is 1.92. The van der Waals surface area contributed by atoms with Gasteiger partial charge in [-0.2, -0.15) is 0 Å². The van der Waals surface area contributed by atoms with Gasteiger partial charge in [0.15, 0.2) is 0 Å². The lowest BCUT2D eigenvalue weighted by Gasteiger charge is -2.32. The topological polar surface area (TPSA) is 16.1 Å². The van der Waals surface area contributed by atoms with Gasteiger partial charge >= 0.3 is 0 Å². The first-order valence-corrected chi connectivity index (χ1v) is 5.29. The zero-order valence-corrected chi connectivity index (χ0v) is 8.69. The lowest BCUT2D eigenvalue weighted by molar-refractivity contribution is 0.230. The molecular weight excluding hydrogens is 172 g/mol. The first-order chi connectivity index (χ1) is 6.86. The fraction of sp³-hybridized carbons (Fsp3) is 0.500. The van der Waals surface area contributed by atoms with Crippen molar-refractivity contribution >= 4 is 0 Å². The van der Waals surface area contributed by atoms with Gasteiger partial charge < -0.3 is 4.90 Å². The number of hydrogen-bond acceptors (Lipinski definition) is 2. The van der Waals surface area contributed by atoms with Crippen molar-refractivity contribution in [3.05, 3.63) is 36.5 Å². The van der Waals surface area contributed by atoms with Crippen LogP contribution in [0.1, 0.15) is 18.4 Å². The van der Waals surface area contributed by atoms with Gasteiger partial charge in [-0.3, -0.25) is 4.98 Å². The van der Waals surface area contributed by atoms with Crippen molar-refractivity contribution in [2.75, 3.05) is 13.6 Å². The average Bonchev–Trinajstić information content (AvgIpc) is 2.23. The molecular formula is C12H17N2. The van der Waals surface area contributed by atoms with Crippen molar-refractivity contribution in [3.8, 4) is 0 Å². The molecule has 0 saturated carbocycles. The monoisotopic (exact) mass is 189 g/mol. The van der Waals surface area contributed by atoms with Gasteiger partial charge in [-0.1, -0.05) is 6.07 Å². The number of likely N-dealkylation sites (N-methyl/N-ethyl adjacent to an activating group) is 1. The Hall–Kier alpha value is -0.890. The fourth-order valence-corrected chi connectivity index (χ4v) is 2.00. The summed E-state index contributed by atoms with van der Waals surface area (Å²) in [6.07, 6.45) is 9.89. The summed E-state index contributed by atoms with van der Waals surface area (Å²) in [6, 6.07) is 4.77. The van der Waals surface area contributed by atoms with Crippen molar-refractivity contribution < 1.29 is 0 Å². The smallest absolute Gasteiger partial charge is 0.0300 e. The van der Waals surface area contributed by atoms with Crippen LogP contribution in [0.15, 0.2) is 24.5 Å². The van der Waals surface area contributed by atoms with Crippen LogP contribution in [0.4, 0.5) is 0 Å². The second-order valence-corrected chi connectivity index (χ2v) is 3.99. The Morgan fingerprint density at radius 2 is 2.50 bits per heavy atom. The molecule has 0 aromatic carbocycles. The van der Waals surface area contributed by atoms with Crippen LogP contribution in [0, 0.1) is 6.42 Å². The third-order valence-electron chi connectivity index (χ3n) is 2.89. The first kappa shape index (κ1) is 9.66. The number of piperidine rings is 1. The maximum Gasteiger partial charge on any atom is 0.0300 e. The molecule has 1 radical (unpaired) electrons. The Morgan fingerprint density at radius 1 is 1.57 bits per heavy atom. The van der Waals surface area contributed by atoms with Gasteiger partial charge in [-0.05, 0) is 50.9 Å². The van der Waals surface area contributed by atoms with Crippen molar-refractivity contribution in [2.24, 2.45) is 0 Å². The van der Waals surface area contributed by atoms with Crippen molar-refractivity contribution in [3.63, 3.8) is 0 Å². The number of aromatic nitrogens is 1. The van der Waals surface area contributed by atoms with Gasteiger partial charge in [0.1, 0.15) is 0 Å². The van der Waals surface area contributed by atoms with E-state index in [1.165, 1.54) is 24.9 Å². The van der Waals surface area contributed by atoms with Crippen molar-refractivity contribution in [2.45, 2.75) is 25.3 Å². The molecule has 0 amide bonds. The average molecular weight is 189 g/mol. The highest BCUT2D eigenvalue weighted by Gasteiger charge is 2.18. The minimum absolute atomic E-state index is 0.605. The minimum atomic E-state index is 0.605. The summed E-state index contributed by atoms with van der Waals surface area (Å²) in [5.74, 6) is 0. The van der Waals surface area contributed by atoms with E-state index in [9.17, 15) is 0 Å². The van der Waals surface area contributed by atoms with Crippen LogP contribution in [0.2, 0.25) is 0 Å². The highest BCUT2D eigenvalue weighted by molar-refractivity contribution is 5.12. The molecule has 2 heterocycles. The quantitative estimate of drug-likeness (QED) is 0.706. The molecule has 2 rings (SSSR count). The summed E-state index contributed by atoms with van der Waals surface area (Å²) in [4.78, 5) is 6.57. The summed E-state index contributed by atoms with van der Waals surface area (Å²) in [5.41, 5.74) is 1.34. The highest BCUT2D eigenvalue weighted by Crippen LogP contribution is 2.17. The Morgan fingerprint density at radius 3 is 3.21 bits per heavy atom. The van der Waals surface area contributed by atoms with E-state index in [0.29, 0.717) is 6.04 Å². The van der Waals surface area contributed by atoms with Crippen LogP contribution < -0.4 is 0 Å². The number of rotatable bonds is 2. The molecule has 1 fully saturated rings. The molecule has 1 aromatic rings. The summed E-state index contributed by atoms with van der Waals surface area (Å²) in [5, 5.41) is 0. The molecule has 1 saturated heterocycles. The van der Waals surface area contributed by atoms with Gasteiger partial charge in [0.25, 0.3) is 0 Å². The molecule has 75 valence electrons. The van der Waals surface area contributed by atoms with E-state index in [2.05, 4.69) is 29.4 Å². The number of pyridine rings is 1. The highest BCUT2D eigenvalue weighted by atomic mass is 15.1. The molecule has 2 nitrogen and oxygen atoms in total. The van der Waals surface area contributed by atoms with E-state index in [1.54, 1.807) is 0 Å². The number of nitrogens with zero attached hydrogens (tertiary/aromatic N) is 2. The van der Waals surface area contributed by atoms with Gasteiger partial charge in [0.05, 0.1) is 0 Å². The van der Waals surface area contributed by atoms with E-state index in [1.807, 2.05) is 18.5 Å².